The monoisotopic (exact) mass is 626 g/mol. The Labute approximate surface area is 281 Å². The summed E-state index contributed by atoms with van der Waals surface area (Å²) in [5, 5.41) is 5.43. The van der Waals surface area contributed by atoms with E-state index in [0.717, 1.165) is 6.42 Å². The molecule has 0 unspecified atom stereocenters. The summed E-state index contributed by atoms with van der Waals surface area (Å²) in [5.74, 6) is 1.17. The van der Waals surface area contributed by atoms with E-state index in [1.54, 1.807) is 0 Å². The molecule has 42 heavy (non-hydrogen) atoms. The van der Waals surface area contributed by atoms with Crippen molar-refractivity contribution in [1.29, 1.82) is 0 Å². The van der Waals surface area contributed by atoms with Gasteiger partial charge in [-0.3, -0.25) is 0 Å². The molecule has 0 amide bonds. The molecule has 0 radical (unpaired) electrons. The van der Waals surface area contributed by atoms with E-state index in [2.05, 4.69) is 163 Å². The van der Waals surface area contributed by atoms with E-state index < -0.39 is 0 Å². The Bertz CT molecular complexity index is 1470. The summed E-state index contributed by atoms with van der Waals surface area (Å²) in [5.41, 5.74) is 8.11. The summed E-state index contributed by atoms with van der Waals surface area (Å²) >= 11 is 0. The third-order valence-electron chi connectivity index (χ3n) is 7.05. The van der Waals surface area contributed by atoms with Crippen molar-refractivity contribution < 1.29 is 46.5 Å². The molecule has 0 aliphatic rings. The molecule has 0 bridgehead atoms. The fourth-order valence-corrected chi connectivity index (χ4v) is 4.92. The van der Waals surface area contributed by atoms with Crippen molar-refractivity contribution in [3.8, 4) is 22.3 Å². The van der Waals surface area contributed by atoms with Crippen LogP contribution in [0.5, 0.6) is 0 Å². The average molecular weight is 628 g/mol. The summed E-state index contributed by atoms with van der Waals surface area (Å²) in [4.78, 5) is 0. The fraction of sp³-hybridized carbons (Fsp3) is 0.179. The van der Waals surface area contributed by atoms with Crippen LogP contribution in [0.15, 0.2) is 121 Å². The molecule has 6 rings (SSSR count). The second kappa shape index (κ2) is 18.1. The first-order valence-electron chi connectivity index (χ1n) is 14.0. The van der Waals surface area contributed by atoms with Gasteiger partial charge in [0.25, 0.3) is 0 Å². The number of hydrogen-bond donors (Lipinski definition) is 0. The molecule has 6 aromatic carbocycles. The van der Waals surface area contributed by atoms with E-state index in [9.17, 15) is 0 Å². The molecule has 0 aromatic heterocycles. The number of rotatable bonds is 4. The third-order valence-corrected chi connectivity index (χ3v) is 7.05. The molecule has 6 aromatic rings. The SMILES string of the molecule is CC(C)c1cc2c(-c3ccccc3)cccc2[cH-]1.CC(C)c1cc2c(-c3ccccc3)cccc2[cH-]1.[CH2-]C[CH2-].[Cl-].[Cl-].[Ti+2]. The average Bonchev–Trinajstić information content (AvgIpc) is 3.60. The van der Waals surface area contributed by atoms with Crippen LogP contribution in [-0.4, -0.2) is 0 Å². The predicted molar refractivity (Wildman–Crippen MR) is 173 cm³/mol. The first kappa shape index (κ1) is 37.4. The summed E-state index contributed by atoms with van der Waals surface area (Å²) in [7, 11) is 0. The van der Waals surface area contributed by atoms with Crippen LogP contribution in [0.1, 0.15) is 57.1 Å². The Kier molecular flexibility index (Phi) is 16.2. The van der Waals surface area contributed by atoms with Crippen molar-refractivity contribution in [1.82, 2.24) is 0 Å². The molecule has 0 nitrogen and oxygen atoms in total. The van der Waals surface area contributed by atoms with Gasteiger partial charge in [0.1, 0.15) is 0 Å². The van der Waals surface area contributed by atoms with E-state index in [1.807, 2.05) is 0 Å². The molecule has 0 N–H and O–H groups in total. The number of fused-ring (bicyclic) bond motifs is 2. The van der Waals surface area contributed by atoms with Crippen molar-refractivity contribution in [3.05, 3.63) is 146 Å². The topological polar surface area (TPSA) is 0 Å². The van der Waals surface area contributed by atoms with Crippen LogP contribution in [0.25, 0.3) is 43.8 Å². The molecule has 0 spiro atoms. The van der Waals surface area contributed by atoms with E-state index in [-0.39, 0.29) is 46.5 Å². The maximum Gasteiger partial charge on any atom is 2.00 e. The minimum absolute atomic E-state index is 0. The third kappa shape index (κ3) is 9.19. The van der Waals surface area contributed by atoms with Gasteiger partial charge in [0.05, 0.1) is 0 Å². The van der Waals surface area contributed by atoms with E-state index >= 15 is 0 Å². The summed E-state index contributed by atoms with van der Waals surface area (Å²) in [6, 6.07) is 43.6. The van der Waals surface area contributed by atoms with Gasteiger partial charge >= 0.3 is 21.7 Å². The van der Waals surface area contributed by atoms with Gasteiger partial charge in [-0.15, -0.1) is 69.1 Å². The Morgan fingerprint density at radius 1 is 0.524 bits per heavy atom. The zero-order valence-electron chi connectivity index (χ0n) is 25.1. The predicted octanol–water partition coefficient (Wildman–Crippen LogP) is 5.75. The second-order valence-corrected chi connectivity index (χ2v) is 10.6. The number of benzene rings is 4. The van der Waals surface area contributed by atoms with E-state index in [4.69, 9.17) is 0 Å². The van der Waals surface area contributed by atoms with Crippen LogP contribution in [0.4, 0.5) is 0 Å². The first-order valence-corrected chi connectivity index (χ1v) is 14.0. The van der Waals surface area contributed by atoms with Crippen molar-refractivity contribution >= 4 is 21.5 Å². The van der Waals surface area contributed by atoms with Gasteiger partial charge in [0.15, 0.2) is 0 Å². The maximum atomic E-state index is 3.38. The van der Waals surface area contributed by atoms with Gasteiger partial charge in [-0.05, 0) is 23.0 Å². The molecule has 0 aliphatic carbocycles. The smallest absolute Gasteiger partial charge is 1.00 e. The van der Waals surface area contributed by atoms with Crippen molar-refractivity contribution in [3.63, 3.8) is 0 Å². The molecule has 0 aliphatic heterocycles. The van der Waals surface area contributed by atoms with Crippen LogP contribution in [0.3, 0.4) is 0 Å². The largest absolute Gasteiger partial charge is 2.00 e. The molecule has 218 valence electrons. The molecule has 0 fully saturated rings. The van der Waals surface area contributed by atoms with Crippen molar-refractivity contribution in [2.45, 2.75) is 46.0 Å². The van der Waals surface area contributed by atoms with Gasteiger partial charge < -0.3 is 45.1 Å². The number of halogens is 2. The normalized spacial score (nSPS) is 10.1. The van der Waals surface area contributed by atoms with Crippen LogP contribution in [0, 0.1) is 13.8 Å². The minimum Gasteiger partial charge on any atom is -1.00 e. The fourth-order valence-electron chi connectivity index (χ4n) is 4.92. The molecular weight excluding hydrogens is 587 g/mol. The number of hydrogen-bond acceptors (Lipinski definition) is 0. The summed E-state index contributed by atoms with van der Waals surface area (Å²) in [6.07, 6.45) is 0.750. The van der Waals surface area contributed by atoms with E-state index in [0.29, 0.717) is 11.8 Å². The summed E-state index contributed by atoms with van der Waals surface area (Å²) in [6.45, 7) is 15.7. The Balaban J connectivity index is 0.000000361. The van der Waals surface area contributed by atoms with Crippen molar-refractivity contribution in [2.24, 2.45) is 0 Å². The van der Waals surface area contributed by atoms with Gasteiger partial charge in [0.2, 0.25) is 0 Å². The first-order chi connectivity index (χ1) is 18.9. The molecule has 0 saturated carbocycles. The molecule has 0 atom stereocenters. The molecule has 0 saturated heterocycles. The van der Waals surface area contributed by atoms with Crippen molar-refractivity contribution in [2.75, 3.05) is 0 Å². The van der Waals surface area contributed by atoms with Gasteiger partial charge in [-0.1, -0.05) is 112 Å². The van der Waals surface area contributed by atoms with Gasteiger partial charge in [-0.25, -0.2) is 0 Å². The summed E-state index contributed by atoms with van der Waals surface area (Å²) < 4.78 is 0. The molecule has 0 heterocycles. The Morgan fingerprint density at radius 2 is 0.857 bits per heavy atom. The molecule has 3 heteroatoms. The van der Waals surface area contributed by atoms with Gasteiger partial charge in [0, 0.05) is 0 Å². The van der Waals surface area contributed by atoms with Crippen LogP contribution in [-0.2, 0) is 21.7 Å². The Hall–Kier alpha value is -2.61. The van der Waals surface area contributed by atoms with Gasteiger partial charge in [-0.2, -0.15) is 12.1 Å². The zero-order chi connectivity index (χ0) is 27.8. The Morgan fingerprint density at radius 3 is 1.17 bits per heavy atom. The molecular formula is C39H40Cl2Ti-4. The van der Waals surface area contributed by atoms with E-state index in [1.165, 1.54) is 54.9 Å². The zero-order valence-corrected chi connectivity index (χ0v) is 28.2. The van der Waals surface area contributed by atoms with Crippen LogP contribution in [0.2, 0.25) is 0 Å². The quantitative estimate of drug-likeness (QED) is 0.173. The van der Waals surface area contributed by atoms with Crippen LogP contribution < -0.4 is 24.8 Å². The van der Waals surface area contributed by atoms with Crippen LogP contribution >= 0.6 is 0 Å². The second-order valence-electron chi connectivity index (χ2n) is 10.6. The maximum absolute atomic E-state index is 3.38. The standard InChI is InChI=1S/2C18H17.C3H6.2ClH.Ti/c2*1-13(2)16-11-15-9-6-10-17(18(15)12-16)14-7-4-3-5-8-14;1-3-2;;;/h2*3-13H,1-2H3;1-3H2;2*1H;/q2*-1;-2;;;+2/p-2. The minimum atomic E-state index is 0.